The molecule has 1 saturated heterocycles. The molecule has 0 aromatic heterocycles. The molecule has 0 amide bonds. The number of hydrogen-bond acceptors (Lipinski definition) is 2. The van der Waals surface area contributed by atoms with Gasteiger partial charge in [0.05, 0.1) is 24.3 Å². The predicted molar refractivity (Wildman–Crippen MR) is 106 cm³/mol. The van der Waals surface area contributed by atoms with Gasteiger partial charge in [-0.05, 0) is 61.7 Å². The first-order valence-electron chi connectivity index (χ1n) is 10.2. The number of rotatable bonds is 5. The molecule has 1 aliphatic rings. The minimum atomic E-state index is -4.87. The Kier molecular flexibility index (Phi) is 7.31. The minimum Gasteiger partial charge on any atom is -0.376 e. The normalized spacial score (nSPS) is 20.8. The number of nitrogens with one attached hydrogen (secondary N) is 1. The third-order valence-corrected chi connectivity index (χ3v) is 5.72. The molecule has 0 bridgehead atoms. The summed E-state index contributed by atoms with van der Waals surface area (Å²) in [6.07, 6.45) is -6.17. The zero-order valence-electron chi connectivity index (χ0n) is 17.0. The largest absolute Gasteiger partial charge is 0.416 e. The van der Waals surface area contributed by atoms with Crippen molar-refractivity contribution in [2.24, 2.45) is 0 Å². The van der Waals surface area contributed by atoms with E-state index >= 15 is 0 Å². The summed E-state index contributed by atoms with van der Waals surface area (Å²) in [4.78, 5) is 0. The molecular formula is C23H25F6NO. The van der Waals surface area contributed by atoms with Crippen molar-refractivity contribution in [1.82, 2.24) is 5.32 Å². The van der Waals surface area contributed by atoms with Gasteiger partial charge >= 0.3 is 12.4 Å². The molecule has 1 atom stereocenters. The van der Waals surface area contributed by atoms with Crippen molar-refractivity contribution in [3.63, 3.8) is 0 Å². The van der Waals surface area contributed by atoms with E-state index in [0.717, 1.165) is 56.5 Å². The molecule has 3 rings (SSSR count). The van der Waals surface area contributed by atoms with Gasteiger partial charge in [-0.3, -0.25) is 0 Å². The van der Waals surface area contributed by atoms with Crippen LogP contribution in [0.25, 0.3) is 0 Å². The fraction of sp³-hybridized carbons (Fsp3) is 0.478. The fourth-order valence-electron chi connectivity index (χ4n) is 4.07. The Bertz CT molecular complexity index is 807. The van der Waals surface area contributed by atoms with E-state index in [1.54, 1.807) is 0 Å². The third kappa shape index (κ3) is 6.23. The maximum Gasteiger partial charge on any atom is 0.416 e. The Hall–Kier alpha value is -2.06. The molecule has 1 heterocycles. The summed E-state index contributed by atoms with van der Waals surface area (Å²) in [6, 6.07) is 11.3. The van der Waals surface area contributed by atoms with Crippen molar-refractivity contribution in [3.8, 4) is 0 Å². The van der Waals surface area contributed by atoms with Crippen molar-refractivity contribution in [2.75, 3.05) is 19.7 Å². The van der Waals surface area contributed by atoms with Crippen LogP contribution in [0.3, 0.4) is 0 Å². The van der Waals surface area contributed by atoms with E-state index in [1.165, 1.54) is 0 Å². The van der Waals surface area contributed by atoms with E-state index in [0.29, 0.717) is 0 Å². The van der Waals surface area contributed by atoms with Crippen molar-refractivity contribution < 1.29 is 31.1 Å². The summed E-state index contributed by atoms with van der Waals surface area (Å²) in [5.41, 5.74) is -2.07. The molecule has 1 aliphatic heterocycles. The first kappa shape index (κ1) is 23.6. The van der Waals surface area contributed by atoms with Gasteiger partial charge in [-0.1, -0.05) is 36.8 Å². The molecule has 8 heteroatoms. The summed E-state index contributed by atoms with van der Waals surface area (Å²) >= 11 is 0. The highest BCUT2D eigenvalue weighted by molar-refractivity contribution is 5.33. The number of alkyl halides is 6. The molecule has 2 aromatic carbocycles. The predicted octanol–water partition coefficient (Wildman–Crippen LogP) is 6.34. The van der Waals surface area contributed by atoms with Gasteiger partial charge in [0.1, 0.15) is 0 Å². The first-order chi connectivity index (χ1) is 14.6. The van der Waals surface area contributed by atoms with E-state index in [-0.39, 0.29) is 30.3 Å². The highest BCUT2D eigenvalue weighted by Gasteiger charge is 2.37. The minimum absolute atomic E-state index is 0.134. The SMILES string of the molecule is FC(F)(F)c1cc(COCC2(c3ccccc3)CCCCNCC2)cc(C(F)(F)F)c1. The lowest BCUT2D eigenvalue weighted by Crippen LogP contribution is -2.37. The van der Waals surface area contributed by atoms with Gasteiger partial charge in [0, 0.05) is 5.41 Å². The van der Waals surface area contributed by atoms with Gasteiger partial charge in [0.2, 0.25) is 0 Å². The van der Waals surface area contributed by atoms with Crippen molar-refractivity contribution in [3.05, 3.63) is 70.8 Å². The summed E-state index contributed by atoms with van der Waals surface area (Å²) in [5, 5.41) is 3.36. The summed E-state index contributed by atoms with van der Waals surface area (Å²) in [5.74, 6) is 0. The molecule has 2 nitrogen and oxygen atoms in total. The number of halogens is 6. The molecular weight excluding hydrogens is 420 g/mol. The van der Waals surface area contributed by atoms with Crippen LogP contribution in [0.15, 0.2) is 48.5 Å². The Morgan fingerprint density at radius 1 is 0.806 bits per heavy atom. The average Bonchev–Trinajstić information content (AvgIpc) is 2.69. The average molecular weight is 445 g/mol. The standard InChI is InChI=1S/C23H25F6NO/c24-22(25,26)19-12-17(13-20(14-19)23(27,28)29)15-31-16-21(18-6-2-1-3-7-18)8-4-5-10-30-11-9-21/h1-3,6-7,12-14,30H,4-5,8-11,15-16H2. The lowest BCUT2D eigenvalue weighted by atomic mass is 9.73. The van der Waals surface area contributed by atoms with Crippen molar-refractivity contribution >= 4 is 0 Å². The molecule has 170 valence electrons. The van der Waals surface area contributed by atoms with E-state index in [2.05, 4.69) is 5.32 Å². The van der Waals surface area contributed by atoms with E-state index in [4.69, 9.17) is 4.74 Å². The number of benzene rings is 2. The first-order valence-corrected chi connectivity index (χ1v) is 10.2. The lowest BCUT2D eigenvalue weighted by Gasteiger charge is -2.36. The second kappa shape index (κ2) is 9.61. The van der Waals surface area contributed by atoms with Crippen LogP contribution in [0.1, 0.15) is 47.9 Å². The Balaban J connectivity index is 1.81. The van der Waals surface area contributed by atoms with Crippen LogP contribution in [0, 0.1) is 0 Å². The Morgan fingerprint density at radius 3 is 2.06 bits per heavy atom. The van der Waals surface area contributed by atoms with Gasteiger partial charge in [-0.25, -0.2) is 0 Å². The monoisotopic (exact) mass is 445 g/mol. The Morgan fingerprint density at radius 2 is 1.45 bits per heavy atom. The summed E-state index contributed by atoms with van der Waals surface area (Å²) in [7, 11) is 0. The lowest BCUT2D eigenvalue weighted by molar-refractivity contribution is -0.143. The van der Waals surface area contributed by atoms with E-state index in [9.17, 15) is 26.3 Å². The van der Waals surface area contributed by atoms with Crippen LogP contribution >= 0.6 is 0 Å². The maximum absolute atomic E-state index is 13.1. The maximum atomic E-state index is 13.1. The van der Waals surface area contributed by atoms with Crippen LogP contribution < -0.4 is 5.32 Å². The zero-order valence-corrected chi connectivity index (χ0v) is 17.0. The summed E-state index contributed by atoms with van der Waals surface area (Å²) in [6.45, 7) is 1.58. The van der Waals surface area contributed by atoms with Crippen LogP contribution in [0.5, 0.6) is 0 Å². The van der Waals surface area contributed by atoms with E-state index < -0.39 is 23.5 Å². The van der Waals surface area contributed by atoms with Gasteiger partial charge in [0.25, 0.3) is 0 Å². The highest BCUT2D eigenvalue weighted by atomic mass is 19.4. The molecule has 2 aromatic rings. The van der Waals surface area contributed by atoms with Crippen LogP contribution in [-0.2, 0) is 29.1 Å². The van der Waals surface area contributed by atoms with E-state index in [1.807, 2.05) is 30.3 Å². The van der Waals surface area contributed by atoms with Gasteiger partial charge in [-0.15, -0.1) is 0 Å². The van der Waals surface area contributed by atoms with Crippen LogP contribution in [0.2, 0.25) is 0 Å². The molecule has 0 spiro atoms. The van der Waals surface area contributed by atoms with Gasteiger partial charge in [-0.2, -0.15) is 26.3 Å². The highest BCUT2D eigenvalue weighted by Crippen LogP contribution is 2.38. The third-order valence-electron chi connectivity index (χ3n) is 5.72. The van der Waals surface area contributed by atoms with Crippen LogP contribution in [0.4, 0.5) is 26.3 Å². The quantitative estimate of drug-likeness (QED) is 0.542. The van der Waals surface area contributed by atoms with Crippen molar-refractivity contribution in [1.29, 1.82) is 0 Å². The van der Waals surface area contributed by atoms with Gasteiger partial charge in [0.15, 0.2) is 0 Å². The molecule has 1 fully saturated rings. The van der Waals surface area contributed by atoms with Crippen LogP contribution in [-0.4, -0.2) is 19.7 Å². The summed E-state index contributed by atoms with van der Waals surface area (Å²) < 4.78 is 84.4. The zero-order chi connectivity index (χ0) is 22.5. The second-order valence-electron chi connectivity index (χ2n) is 8.01. The number of hydrogen-bond donors (Lipinski definition) is 1. The molecule has 1 N–H and O–H groups in total. The molecule has 0 aliphatic carbocycles. The molecule has 0 saturated carbocycles. The molecule has 31 heavy (non-hydrogen) atoms. The Labute approximate surface area is 177 Å². The van der Waals surface area contributed by atoms with Crippen molar-refractivity contribution in [2.45, 2.75) is 50.1 Å². The topological polar surface area (TPSA) is 21.3 Å². The molecule has 1 unspecified atom stereocenters. The van der Waals surface area contributed by atoms with Gasteiger partial charge < -0.3 is 10.1 Å². The fourth-order valence-corrected chi connectivity index (χ4v) is 4.07. The number of ether oxygens (including phenoxy) is 1. The smallest absolute Gasteiger partial charge is 0.376 e. The molecule has 0 radical (unpaired) electrons. The second-order valence-corrected chi connectivity index (χ2v) is 8.01.